The Balaban J connectivity index is 2.31. The van der Waals surface area contributed by atoms with Crippen molar-refractivity contribution in [2.45, 2.75) is 58.3 Å². The highest BCUT2D eigenvalue weighted by atomic mass is 16.4. The van der Waals surface area contributed by atoms with E-state index in [9.17, 15) is 9.90 Å². The molecule has 0 fully saturated rings. The van der Waals surface area contributed by atoms with Gasteiger partial charge in [0.05, 0.1) is 5.69 Å². The van der Waals surface area contributed by atoms with Crippen LogP contribution in [-0.2, 0) is 11.2 Å². The molecule has 0 amide bonds. The van der Waals surface area contributed by atoms with Gasteiger partial charge in [-0.15, -0.1) is 0 Å². The normalized spacial score (nSPS) is 10.5. The third kappa shape index (κ3) is 7.59. The first-order valence-corrected chi connectivity index (χ1v) is 7.91. The number of benzene rings is 1. The molecule has 0 saturated heterocycles. The highest BCUT2D eigenvalue weighted by Gasteiger charge is 2.04. The summed E-state index contributed by atoms with van der Waals surface area (Å²) in [5, 5.41) is 21.1. The molecule has 1 aromatic rings. The fourth-order valence-electron chi connectivity index (χ4n) is 2.34. The Morgan fingerprint density at radius 3 is 2.43 bits per heavy atom. The van der Waals surface area contributed by atoms with Gasteiger partial charge in [0.1, 0.15) is 12.3 Å². The van der Waals surface area contributed by atoms with Crippen LogP contribution in [0.1, 0.15) is 57.4 Å². The van der Waals surface area contributed by atoms with Crippen LogP contribution in [0.15, 0.2) is 18.2 Å². The summed E-state index contributed by atoms with van der Waals surface area (Å²) in [5.41, 5.74) is 1.63. The van der Waals surface area contributed by atoms with Crippen LogP contribution >= 0.6 is 0 Å². The van der Waals surface area contributed by atoms with Gasteiger partial charge in [-0.3, -0.25) is 4.79 Å². The standard InChI is InChI=1S/C17H27NO3/c1-2-3-4-5-6-7-8-9-14-10-11-16(19)15(12-14)18-13-17(20)21/h10-12,18-19H,2-9,13H2,1H3,(H,20,21). The maximum Gasteiger partial charge on any atom is 0.322 e. The summed E-state index contributed by atoms with van der Waals surface area (Å²) in [5.74, 6) is -0.841. The molecule has 0 spiro atoms. The van der Waals surface area contributed by atoms with E-state index in [-0.39, 0.29) is 12.3 Å². The minimum atomic E-state index is -0.938. The van der Waals surface area contributed by atoms with E-state index >= 15 is 0 Å². The van der Waals surface area contributed by atoms with Crippen molar-refractivity contribution in [3.63, 3.8) is 0 Å². The maximum absolute atomic E-state index is 10.5. The number of hydrogen-bond acceptors (Lipinski definition) is 3. The number of aromatic hydroxyl groups is 1. The van der Waals surface area contributed by atoms with Crippen molar-refractivity contribution in [3.8, 4) is 5.75 Å². The summed E-state index contributed by atoms with van der Waals surface area (Å²) < 4.78 is 0. The predicted molar refractivity (Wildman–Crippen MR) is 85.9 cm³/mol. The van der Waals surface area contributed by atoms with Crippen molar-refractivity contribution in [2.75, 3.05) is 11.9 Å². The van der Waals surface area contributed by atoms with Crippen LogP contribution in [0, 0.1) is 0 Å². The molecule has 0 aliphatic rings. The van der Waals surface area contributed by atoms with Crippen molar-refractivity contribution in [2.24, 2.45) is 0 Å². The van der Waals surface area contributed by atoms with Crippen molar-refractivity contribution in [3.05, 3.63) is 23.8 Å². The quantitative estimate of drug-likeness (QED) is 0.423. The molecule has 4 nitrogen and oxygen atoms in total. The zero-order valence-corrected chi connectivity index (χ0v) is 12.9. The lowest BCUT2D eigenvalue weighted by Crippen LogP contribution is -2.12. The van der Waals surface area contributed by atoms with E-state index in [0.29, 0.717) is 5.69 Å². The van der Waals surface area contributed by atoms with Crippen molar-refractivity contribution in [1.29, 1.82) is 0 Å². The van der Waals surface area contributed by atoms with E-state index in [1.807, 2.05) is 12.1 Å². The number of hydrogen-bond donors (Lipinski definition) is 3. The predicted octanol–water partition coefficient (Wildman–Crippen LogP) is 4.18. The lowest BCUT2D eigenvalue weighted by atomic mass is 10.0. The molecule has 0 aromatic heterocycles. The van der Waals surface area contributed by atoms with Gasteiger partial charge in [-0.2, -0.15) is 0 Å². The molecule has 0 atom stereocenters. The molecule has 0 aliphatic heterocycles. The Kier molecular flexibility index (Phi) is 8.32. The molecular formula is C17H27NO3. The lowest BCUT2D eigenvalue weighted by Gasteiger charge is -2.09. The SMILES string of the molecule is CCCCCCCCCc1ccc(O)c(NCC(=O)O)c1. The zero-order chi connectivity index (χ0) is 15.5. The van der Waals surface area contributed by atoms with E-state index in [1.165, 1.54) is 38.5 Å². The smallest absolute Gasteiger partial charge is 0.322 e. The van der Waals surface area contributed by atoms with Crippen LogP contribution in [-0.4, -0.2) is 22.7 Å². The Morgan fingerprint density at radius 2 is 1.76 bits per heavy atom. The van der Waals surface area contributed by atoms with Crippen LogP contribution in [0.3, 0.4) is 0 Å². The molecule has 21 heavy (non-hydrogen) atoms. The third-order valence-corrected chi connectivity index (χ3v) is 3.56. The molecule has 0 unspecified atom stereocenters. The molecule has 1 aromatic carbocycles. The average Bonchev–Trinajstić information content (AvgIpc) is 2.46. The summed E-state index contributed by atoms with van der Waals surface area (Å²) in [4.78, 5) is 10.5. The zero-order valence-electron chi connectivity index (χ0n) is 12.9. The number of unbranched alkanes of at least 4 members (excludes halogenated alkanes) is 6. The van der Waals surface area contributed by atoms with Crippen LogP contribution in [0.4, 0.5) is 5.69 Å². The van der Waals surface area contributed by atoms with E-state index < -0.39 is 5.97 Å². The number of carbonyl (C=O) groups is 1. The molecule has 0 saturated carbocycles. The Bertz CT molecular complexity index is 432. The number of carboxylic acid groups (broad SMARTS) is 1. The van der Waals surface area contributed by atoms with Gasteiger partial charge in [0, 0.05) is 0 Å². The van der Waals surface area contributed by atoms with Gasteiger partial charge < -0.3 is 15.5 Å². The van der Waals surface area contributed by atoms with E-state index in [2.05, 4.69) is 12.2 Å². The number of nitrogens with one attached hydrogen (secondary N) is 1. The fraction of sp³-hybridized carbons (Fsp3) is 0.588. The Labute approximate surface area is 127 Å². The number of rotatable bonds is 11. The molecule has 0 radical (unpaired) electrons. The Morgan fingerprint density at radius 1 is 1.10 bits per heavy atom. The Hall–Kier alpha value is -1.71. The molecule has 1 rings (SSSR count). The van der Waals surface area contributed by atoms with Gasteiger partial charge in [0.25, 0.3) is 0 Å². The monoisotopic (exact) mass is 293 g/mol. The first-order chi connectivity index (χ1) is 10.1. The second kappa shape index (κ2) is 10.1. The van der Waals surface area contributed by atoms with Crippen LogP contribution < -0.4 is 5.32 Å². The molecular weight excluding hydrogens is 266 g/mol. The van der Waals surface area contributed by atoms with Gasteiger partial charge in [-0.05, 0) is 30.5 Å². The number of phenolic OH excluding ortho intramolecular Hbond substituents is 1. The lowest BCUT2D eigenvalue weighted by molar-refractivity contribution is -0.134. The van der Waals surface area contributed by atoms with E-state index in [4.69, 9.17) is 5.11 Å². The molecule has 4 heteroatoms. The molecule has 0 aliphatic carbocycles. The van der Waals surface area contributed by atoms with E-state index in [0.717, 1.165) is 18.4 Å². The first-order valence-electron chi connectivity index (χ1n) is 7.91. The van der Waals surface area contributed by atoms with Crippen LogP contribution in [0.25, 0.3) is 0 Å². The summed E-state index contributed by atoms with van der Waals surface area (Å²) in [6, 6.07) is 5.37. The summed E-state index contributed by atoms with van der Waals surface area (Å²) >= 11 is 0. The van der Waals surface area contributed by atoms with Crippen LogP contribution in [0.2, 0.25) is 0 Å². The van der Waals surface area contributed by atoms with Crippen molar-refractivity contribution in [1.82, 2.24) is 0 Å². The van der Waals surface area contributed by atoms with Crippen molar-refractivity contribution >= 4 is 11.7 Å². The van der Waals surface area contributed by atoms with Gasteiger partial charge in [-0.25, -0.2) is 0 Å². The summed E-state index contributed by atoms with van der Waals surface area (Å²) in [6.45, 7) is 2.04. The topological polar surface area (TPSA) is 69.6 Å². The summed E-state index contributed by atoms with van der Waals surface area (Å²) in [6.07, 6.45) is 9.86. The van der Waals surface area contributed by atoms with Gasteiger partial charge >= 0.3 is 5.97 Å². The molecule has 0 heterocycles. The molecule has 118 valence electrons. The minimum absolute atomic E-state index is 0.0968. The molecule has 0 bridgehead atoms. The first kappa shape index (κ1) is 17.3. The van der Waals surface area contributed by atoms with Crippen LogP contribution in [0.5, 0.6) is 5.75 Å². The van der Waals surface area contributed by atoms with E-state index in [1.54, 1.807) is 6.07 Å². The highest BCUT2D eigenvalue weighted by Crippen LogP contribution is 2.25. The van der Waals surface area contributed by atoms with Gasteiger partial charge in [-0.1, -0.05) is 51.5 Å². The second-order valence-electron chi connectivity index (χ2n) is 5.47. The molecule has 3 N–H and O–H groups in total. The highest BCUT2D eigenvalue weighted by molar-refractivity contribution is 5.74. The number of aliphatic carboxylic acids is 1. The second-order valence-corrected chi connectivity index (χ2v) is 5.47. The summed E-state index contributed by atoms with van der Waals surface area (Å²) in [7, 11) is 0. The average molecular weight is 293 g/mol. The minimum Gasteiger partial charge on any atom is -0.506 e. The maximum atomic E-state index is 10.5. The number of phenols is 1. The number of aryl methyl sites for hydroxylation is 1. The van der Waals surface area contributed by atoms with Crippen molar-refractivity contribution < 1.29 is 15.0 Å². The largest absolute Gasteiger partial charge is 0.506 e. The van der Waals surface area contributed by atoms with Gasteiger partial charge in [0.2, 0.25) is 0 Å². The number of carboxylic acids is 1. The fourth-order valence-corrected chi connectivity index (χ4v) is 2.34. The third-order valence-electron chi connectivity index (χ3n) is 3.56. The number of anilines is 1. The van der Waals surface area contributed by atoms with Gasteiger partial charge in [0.15, 0.2) is 0 Å².